The first-order chi connectivity index (χ1) is 6.20. The highest BCUT2D eigenvalue weighted by Crippen LogP contribution is 2.17. The molecule has 3 heteroatoms. The lowest BCUT2D eigenvalue weighted by Gasteiger charge is -1.93. The van der Waals surface area contributed by atoms with E-state index in [0.29, 0.717) is 0 Å². The summed E-state index contributed by atoms with van der Waals surface area (Å²) in [7, 11) is 0. The molecule has 0 bridgehead atoms. The van der Waals surface area contributed by atoms with Crippen molar-refractivity contribution in [3.63, 3.8) is 0 Å². The molecule has 5 N–H and O–H groups in total. The van der Waals surface area contributed by atoms with Gasteiger partial charge in [0.05, 0.1) is 0 Å². The van der Waals surface area contributed by atoms with E-state index >= 15 is 0 Å². The smallest absolute Gasteiger partial charge is 0.183 e. The Bertz CT molecular complexity index is 325. The van der Waals surface area contributed by atoms with Crippen molar-refractivity contribution < 1.29 is 0 Å². The van der Waals surface area contributed by atoms with Crippen LogP contribution in [0.1, 0.15) is 11.1 Å². The Hall–Kier alpha value is -1.77. The van der Waals surface area contributed by atoms with Crippen LogP contribution < -0.4 is 11.5 Å². The minimum absolute atomic E-state index is 0.333. The van der Waals surface area contributed by atoms with Crippen molar-refractivity contribution in [3.05, 3.63) is 41.5 Å². The van der Waals surface area contributed by atoms with E-state index in [1.807, 2.05) is 0 Å². The largest absolute Gasteiger partial charge is 0.370 e. The van der Waals surface area contributed by atoms with Crippen molar-refractivity contribution >= 4 is 12.0 Å². The molecule has 0 spiro atoms. The summed E-state index contributed by atoms with van der Waals surface area (Å²) in [5.41, 5.74) is 11.8. The summed E-state index contributed by atoms with van der Waals surface area (Å²) >= 11 is 0. The third kappa shape index (κ3) is 2.99. The van der Waals surface area contributed by atoms with Gasteiger partial charge in [-0.15, -0.1) is 0 Å². The van der Waals surface area contributed by atoms with Crippen LogP contribution in [0.3, 0.4) is 0 Å². The van der Waals surface area contributed by atoms with Crippen LogP contribution in [-0.2, 0) is 6.42 Å². The van der Waals surface area contributed by atoms with Crippen molar-refractivity contribution in [1.29, 1.82) is 5.41 Å². The van der Waals surface area contributed by atoms with E-state index in [1.54, 1.807) is 0 Å². The van der Waals surface area contributed by atoms with E-state index in [-0.39, 0.29) is 5.96 Å². The highest BCUT2D eigenvalue weighted by molar-refractivity contribution is 5.71. The molecule has 2 rings (SSSR count). The number of guanidine groups is 1. The first-order valence-electron chi connectivity index (χ1n) is 4.04. The molecule has 1 aromatic rings. The molecular weight excluding hydrogens is 162 g/mol. The number of nitrogens with two attached hydrogens (primary N) is 2. The van der Waals surface area contributed by atoms with Crippen LogP contribution in [0.5, 0.6) is 0 Å². The highest BCUT2D eigenvalue weighted by Gasteiger charge is 2.00. The lowest BCUT2D eigenvalue weighted by Crippen LogP contribution is -2.20. The third-order valence-electron chi connectivity index (χ3n) is 1.69. The van der Waals surface area contributed by atoms with Gasteiger partial charge in [0, 0.05) is 0 Å². The molecule has 0 amide bonds. The second-order valence-corrected chi connectivity index (χ2v) is 2.76. The fraction of sp³-hybridized carbons (Fsp3) is 0.100. The predicted octanol–water partition coefficient (Wildman–Crippen LogP) is 1.09. The van der Waals surface area contributed by atoms with E-state index in [0.717, 1.165) is 6.42 Å². The van der Waals surface area contributed by atoms with Gasteiger partial charge in [0.2, 0.25) is 0 Å². The number of hydrogen-bond donors (Lipinski definition) is 3. The van der Waals surface area contributed by atoms with E-state index in [1.165, 1.54) is 11.1 Å². The molecule has 68 valence electrons. The molecule has 0 radical (unpaired) electrons. The van der Waals surface area contributed by atoms with E-state index in [2.05, 4.69) is 47.9 Å². The number of hydrogen-bond acceptors (Lipinski definition) is 1. The van der Waals surface area contributed by atoms with Gasteiger partial charge in [-0.25, -0.2) is 0 Å². The molecule has 0 unspecified atom stereocenters. The van der Waals surface area contributed by atoms with E-state index < -0.39 is 0 Å². The molecular formula is C10H13N3. The number of fused-ring (bicyclic) bond motifs is 1. The zero-order chi connectivity index (χ0) is 9.68. The van der Waals surface area contributed by atoms with Crippen molar-refractivity contribution in [2.75, 3.05) is 0 Å². The fourth-order valence-electron chi connectivity index (χ4n) is 1.20. The van der Waals surface area contributed by atoms with Gasteiger partial charge in [0.1, 0.15) is 0 Å². The second kappa shape index (κ2) is 4.30. The molecule has 1 aromatic carbocycles. The van der Waals surface area contributed by atoms with Gasteiger partial charge in [-0.3, -0.25) is 5.41 Å². The molecule has 0 saturated carbocycles. The Morgan fingerprint density at radius 2 is 1.85 bits per heavy atom. The van der Waals surface area contributed by atoms with Crippen LogP contribution in [0.15, 0.2) is 30.3 Å². The van der Waals surface area contributed by atoms with Crippen LogP contribution >= 0.6 is 0 Å². The monoisotopic (exact) mass is 175 g/mol. The maximum atomic E-state index is 6.06. The summed E-state index contributed by atoms with van der Waals surface area (Å²) in [6, 6.07) is 8.49. The zero-order valence-electron chi connectivity index (χ0n) is 7.33. The van der Waals surface area contributed by atoms with Gasteiger partial charge in [0.25, 0.3) is 0 Å². The van der Waals surface area contributed by atoms with Gasteiger partial charge < -0.3 is 11.5 Å². The van der Waals surface area contributed by atoms with Crippen molar-refractivity contribution in [2.45, 2.75) is 6.42 Å². The molecule has 1 aliphatic carbocycles. The number of rotatable bonds is 0. The van der Waals surface area contributed by atoms with Crippen LogP contribution in [-0.4, -0.2) is 5.96 Å². The average Bonchev–Trinajstić information content (AvgIpc) is 2.49. The highest BCUT2D eigenvalue weighted by atomic mass is 14.9. The molecule has 0 atom stereocenters. The molecule has 0 heterocycles. The quantitative estimate of drug-likeness (QED) is 0.408. The van der Waals surface area contributed by atoms with Crippen molar-refractivity contribution in [1.82, 2.24) is 0 Å². The SMILES string of the molecule is C1=Cc2ccccc2C1.N=C(N)N. The lowest BCUT2D eigenvalue weighted by molar-refractivity contribution is 1.31. The van der Waals surface area contributed by atoms with Gasteiger partial charge >= 0.3 is 0 Å². The summed E-state index contributed by atoms with van der Waals surface area (Å²) in [6.07, 6.45) is 5.50. The van der Waals surface area contributed by atoms with Crippen LogP contribution in [0.25, 0.3) is 6.08 Å². The lowest BCUT2D eigenvalue weighted by atomic mass is 10.1. The Labute approximate surface area is 77.6 Å². The van der Waals surface area contributed by atoms with Crippen molar-refractivity contribution in [3.8, 4) is 0 Å². The number of nitrogens with one attached hydrogen (secondary N) is 1. The summed E-state index contributed by atoms with van der Waals surface area (Å²) in [4.78, 5) is 0. The minimum Gasteiger partial charge on any atom is -0.370 e. The van der Waals surface area contributed by atoms with Gasteiger partial charge in [-0.05, 0) is 17.5 Å². The topological polar surface area (TPSA) is 75.9 Å². The van der Waals surface area contributed by atoms with Crippen LogP contribution in [0.2, 0.25) is 0 Å². The molecule has 3 nitrogen and oxygen atoms in total. The first kappa shape index (κ1) is 9.32. The first-order valence-corrected chi connectivity index (χ1v) is 4.04. The Morgan fingerprint density at radius 1 is 1.23 bits per heavy atom. The number of allylic oxidation sites excluding steroid dienone is 1. The molecule has 0 saturated heterocycles. The van der Waals surface area contributed by atoms with Gasteiger partial charge in [-0.1, -0.05) is 36.4 Å². The summed E-state index contributed by atoms with van der Waals surface area (Å²) in [6.45, 7) is 0. The summed E-state index contributed by atoms with van der Waals surface area (Å²) in [5, 5.41) is 6.06. The fourth-order valence-corrected chi connectivity index (χ4v) is 1.20. The molecule has 1 aliphatic rings. The van der Waals surface area contributed by atoms with Gasteiger partial charge in [0.15, 0.2) is 5.96 Å². The van der Waals surface area contributed by atoms with Crippen molar-refractivity contribution in [2.24, 2.45) is 11.5 Å². The predicted molar refractivity (Wildman–Crippen MR) is 55.3 cm³/mol. The third-order valence-corrected chi connectivity index (χ3v) is 1.69. The maximum Gasteiger partial charge on any atom is 0.183 e. The summed E-state index contributed by atoms with van der Waals surface area (Å²) < 4.78 is 0. The van der Waals surface area contributed by atoms with E-state index in [4.69, 9.17) is 5.41 Å². The summed E-state index contributed by atoms with van der Waals surface area (Å²) in [5.74, 6) is -0.333. The molecule has 0 aromatic heterocycles. The molecule has 0 aliphatic heterocycles. The normalized spacial score (nSPS) is 11.4. The maximum absolute atomic E-state index is 6.06. The Morgan fingerprint density at radius 3 is 2.46 bits per heavy atom. The van der Waals surface area contributed by atoms with Gasteiger partial charge in [-0.2, -0.15) is 0 Å². The standard InChI is InChI=1S/C9H8.CH5N3/c1-2-5-9-7-3-6-8(9)4-1;2-1(3)4/h1-6H,7H2;(H5,2,3,4). The number of benzene rings is 1. The molecule has 13 heavy (non-hydrogen) atoms. The minimum atomic E-state index is -0.333. The van der Waals surface area contributed by atoms with Crippen LogP contribution in [0, 0.1) is 5.41 Å². The zero-order valence-corrected chi connectivity index (χ0v) is 7.33. The van der Waals surface area contributed by atoms with Crippen LogP contribution in [0.4, 0.5) is 0 Å². The molecule has 0 fully saturated rings. The average molecular weight is 175 g/mol. The van der Waals surface area contributed by atoms with E-state index in [9.17, 15) is 0 Å². The Balaban J connectivity index is 0.000000184. The Kier molecular flexibility index (Phi) is 3.09. The second-order valence-electron chi connectivity index (χ2n) is 2.76.